The summed E-state index contributed by atoms with van der Waals surface area (Å²) in [5.41, 5.74) is 0.788. The number of thiophene rings is 1. The van der Waals surface area contributed by atoms with Crippen molar-refractivity contribution < 1.29 is 4.39 Å². The topological polar surface area (TPSA) is 24.9 Å². The molecule has 0 aliphatic heterocycles. The number of halogens is 2. The summed E-state index contributed by atoms with van der Waals surface area (Å²) < 4.78 is 13.2. The lowest BCUT2D eigenvalue weighted by Gasteiger charge is -2.17. The molecule has 0 saturated carbocycles. The van der Waals surface area contributed by atoms with Crippen LogP contribution in [0.4, 0.5) is 4.39 Å². The molecule has 0 amide bonds. The average molecular weight is 271 g/mol. The van der Waals surface area contributed by atoms with Gasteiger partial charge in [0.1, 0.15) is 5.82 Å². The minimum absolute atomic E-state index is 0.101. The van der Waals surface area contributed by atoms with E-state index in [9.17, 15) is 4.39 Å². The summed E-state index contributed by atoms with van der Waals surface area (Å²) in [7, 11) is 0. The monoisotopic (exact) mass is 270 g/mol. The summed E-state index contributed by atoms with van der Waals surface area (Å²) in [5.74, 6) is -0.335. The van der Waals surface area contributed by atoms with Crippen LogP contribution in [0.1, 0.15) is 23.4 Å². The van der Waals surface area contributed by atoms with Crippen molar-refractivity contribution >= 4 is 22.9 Å². The zero-order chi connectivity index (χ0) is 12.3. The van der Waals surface area contributed by atoms with Crippen LogP contribution in [0.15, 0.2) is 29.9 Å². The lowest BCUT2D eigenvalue weighted by Crippen LogP contribution is -2.21. The van der Waals surface area contributed by atoms with E-state index < -0.39 is 0 Å². The number of nitrogens with zero attached hydrogens (tertiary/aromatic N) is 1. The van der Waals surface area contributed by atoms with E-state index in [2.05, 4.69) is 10.3 Å². The predicted molar refractivity (Wildman–Crippen MR) is 69.0 cm³/mol. The zero-order valence-electron chi connectivity index (χ0n) is 9.28. The molecule has 0 radical (unpaired) electrons. The first kappa shape index (κ1) is 12.5. The fourth-order valence-electron chi connectivity index (χ4n) is 1.66. The number of hydrogen-bond donors (Lipinski definition) is 1. The molecule has 0 fully saturated rings. The lowest BCUT2D eigenvalue weighted by molar-refractivity contribution is 0.599. The Morgan fingerprint density at radius 2 is 2.35 bits per heavy atom. The highest BCUT2D eigenvalue weighted by atomic mass is 35.5. The van der Waals surface area contributed by atoms with E-state index in [0.29, 0.717) is 5.02 Å². The maximum Gasteiger partial charge on any atom is 0.141 e. The van der Waals surface area contributed by atoms with E-state index in [1.165, 1.54) is 12.3 Å². The number of pyridine rings is 1. The van der Waals surface area contributed by atoms with Crippen molar-refractivity contribution in [2.75, 3.05) is 6.54 Å². The molecule has 2 aromatic rings. The second-order valence-electron chi connectivity index (χ2n) is 3.56. The molecule has 90 valence electrons. The first-order valence-electron chi connectivity index (χ1n) is 5.29. The van der Waals surface area contributed by atoms with Gasteiger partial charge >= 0.3 is 0 Å². The molecule has 1 unspecified atom stereocenters. The third-order valence-corrected chi connectivity index (χ3v) is 3.80. The minimum Gasteiger partial charge on any atom is -0.306 e. The van der Waals surface area contributed by atoms with Gasteiger partial charge in [0.05, 0.1) is 17.3 Å². The van der Waals surface area contributed by atoms with E-state index in [0.717, 1.165) is 17.0 Å². The van der Waals surface area contributed by atoms with Gasteiger partial charge in [0.25, 0.3) is 0 Å². The van der Waals surface area contributed by atoms with Crippen LogP contribution in [0, 0.1) is 5.82 Å². The second kappa shape index (κ2) is 5.58. The van der Waals surface area contributed by atoms with Crippen molar-refractivity contribution in [3.63, 3.8) is 0 Å². The molecule has 2 rings (SSSR count). The molecule has 2 nitrogen and oxygen atoms in total. The van der Waals surface area contributed by atoms with Gasteiger partial charge in [0, 0.05) is 11.1 Å². The molecular formula is C12H12ClFN2S. The van der Waals surface area contributed by atoms with E-state index >= 15 is 0 Å². The van der Waals surface area contributed by atoms with Crippen molar-refractivity contribution in [3.05, 3.63) is 51.2 Å². The van der Waals surface area contributed by atoms with E-state index in [1.54, 1.807) is 17.5 Å². The molecule has 5 heteroatoms. The quantitative estimate of drug-likeness (QED) is 0.918. The Balaban J connectivity index is 2.39. The van der Waals surface area contributed by atoms with Crippen LogP contribution in [0.3, 0.4) is 0 Å². The predicted octanol–water partition coefficient (Wildman–Crippen LogP) is 3.63. The number of aromatic nitrogens is 1. The SMILES string of the molecule is CCNC(c1cncc(F)c1)c1sccc1Cl. The van der Waals surface area contributed by atoms with Crippen molar-refractivity contribution in [3.8, 4) is 0 Å². The van der Waals surface area contributed by atoms with Crippen LogP contribution in [-0.2, 0) is 0 Å². The molecule has 2 aromatic heterocycles. The van der Waals surface area contributed by atoms with Gasteiger partial charge in [0.15, 0.2) is 0 Å². The van der Waals surface area contributed by atoms with Crippen molar-refractivity contribution in [2.24, 2.45) is 0 Å². The molecule has 0 aliphatic carbocycles. The Bertz CT molecular complexity index is 501. The fourth-order valence-corrected chi connectivity index (χ4v) is 2.93. The van der Waals surface area contributed by atoms with Gasteiger partial charge in [-0.15, -0.1) is 11.3 Å². The Morgan fingerprint density at radius 3 is 2.94 bits per heavy atom. The minimum atomic E-state index is -0.335. The summed E-state index contributed by atoms with van der Waals surface area (Å²) in [6.07, 6.45) is 2.86. The van der Waals surface area contributed by atoms with E-state index in [4.69, 9.17) is 11.6 Å². The lowest BCUT2D eigenvalue weighted by atomic mass is 10.1. The summed E-state index contributed by atoms with van der Waals surface area (Å²) >= 11 is 7.67. The summed E-state index contributed by atoms with van der Waals surface area (Å²) in [6.45, 7) is 2.77. The maximum atomic E-state index is 13.2. The number of rotatable bonds is 4. The van der Waals surface area contributed by atoms with Crippen molar-refractivity contribution in [1.82, 2.24) is 10.3 Å². The Labute approximate surface area is 108 Å². The molecule has 0 spiro atoms. The Morgan fingerprint density at radius 1 is 1.53 bits per heavy atom. The van der Waals surface area contributed by atoms with Gasteiger partial charge in [-0.2, -0.15) is 0 Å². The highest BCUT2D eigenvalue weighted by Crippen LogP contribution is 2.32. The summed E-state index contributed by atoms with van der Waals surface area (Å²) in [4.78, 5) is 4.86. The standard InChI is InChI=1S/C12H12ClFN2S/c1-2-16-11(12-10(13)3-4-17-12)8-5-9(14)7-15-6-8/h3-7,11,16H,2H2,1H3. The fraction of sp³-hybridized carbons (Fsp3) is 0.250. The van der Waals surface area contributed by atoms with Gasteiger partial charge in [-0.1, -0.05) is 18.5 Å². The van der Waals surface area contributed by atoms with E-state index in [-0.39, 0.29) is 11.9 Å². The molecule has 1 atom stereocenters. The molecular weight excluding hydrogens is 259 g/mol. The van der Waals surface area contributed by atoms with Crippen LogP contribution < -0.4 is 5.32 Å². The molecule has 0 saturated heterocycles. The molecule has 17 heavy (non-hydrogen) atoms. The Hall–Kier alpha value is -0.970. The molecule has 2 heterocycles. The van der Waals surface area contributed by atoms with Crippen molar-refractivity contribution in [1.29, 1.82) is 0 Å². The molecule has 0 aliphatic rings. The van der Waals surface area contributed by atoms with Gasteiger partial charge < -0.3 is 5.32 Å². The Kier molecular flexibility index (Phi) is 4.10. The van der Waals surface area contributed by atoms with Gasteiger partial charge in [-0.25, -0.2) is 4.39 Å². The largest absolute Gasteiger partial charge is 0.306 e. The van der Waals surface area contributed by atoms with Crippen LogP contribution in [0.25, 0.3) is 0 Å². The zero-order valence-corrected chi connectivity index (χ0v) is 10.9. The van der Waals surface area contributed by atoms with Crippen LogP contribution >= 0.6 is 22.9 Å². The molecule has 0 bridgehead atoms. The highest BCUT2D eigenvalue weighted by Gasteiger charge is 2.18. The number of hydrogen-bond acceptors (Lipinski definition) is 3. The van der Waals surface area contributed by atoms with Gasteiger partial charge in [-0.3, -0.25) is 4.98 Å². The molecule has 0 aromatic carbocycles. The van der Waals surface area contributed by atoms with Crippen LogP contribution in [-0.4, -0.2) is 11.5 Å². The van der Waals surface area contributed by atoms with Gasteiger partial charge in [-0.05, 0) is 29.6 Å². The van der Waals surface area contributed by atoms with Gasteiger partial charge in [0.2, 0.25) is 0 Å². The normalized spacial score (nSPS) is 12.6. The van der Waals surface area contributed by atoms with Crippen LogP contribution in [0.2, 0.25) is 5.02 Å². The maximum absolute atomic E-state index is 13.2. The summed E-state index contributed by atoms with van der Waals surface area (Å²) in [6, 6.07) is 3.23. The first-order chi connectivity index (χ1) is 8.22. The van der Waals surface area contributed by atoms with Crippen molar-refractivity contribution in [2.45, 2.75) is 13.0 Å². The summed E-state index contributed by atoms with van der Waals surface area (Å²) in [5, 5.41) is 5.91. The number of nitrogens with one attached hydrogen (secondary N) is 1. The third-order valence-electron chi connectivity index (χ3n) is 2.37. The third kappa shape index (κ3) is 2.83. The average Bonchev–Trinajstić information content (AvgIpc) is 2.72. The molecule has 1 N–H and O–H groups in total. The smallest absolute Gasteiger partial charge is 0.141 e. The first-order valence-corrected chi connectivity index (χ1v) is 6.55. The van der Waals surface area contributed by atoms with Crippen LogP contribution in [0.5, 0.6) is 0 Å². The second-order valence-corrected chi connectivity index (χ2v) is 4.91. The highest BCUT2D eigenvalue weighted by molar-refractivity contribution is 7.10. The van der Waals surface area contributed by atoms with E-state index in [1.807, 2.05) is 18.4 Å².